The van der Waals surface area contributed by atoms with E-state index in [2.05, 4.69) is 16.7 Å². The smallest absolute Gasteiger partial charge is 0.237 e. The highest BCUT2D eigenvalue weighted by atomic mass is 35.5. The largest absolute Gasteiger partial charge is 0.396 e. The molecule has 0 saturated heterocycles. The molecule has 5 nitrogen and oxygen atoms in total. The highest BCUT2D eigenvalue weighted by Gasteiger charge is 2.44. The number of carbonyl (C=O) groups is 1. The Hall–Kier alpha value is -2.11. The van der Waals surface area contributed by atoms with Crippen molar-refractivity contribution in [1.82, 2.24) is 0 Å². The fraction of sp³-hybridized carbons (Fsp3) is 0.316. The van der Waals surface area contributed by atoms with Crippen molar-refractivity contribution in [2.75, 3.05) is 27.8 Å². The van der Waals surface area contributed by atoms with E-state index in [-0.39, 0.29) is 12.1 Å². The monoisotopic (exact) mass is 390 g/mol. The number of carbonyl (C=O) groups excluding carboxylic acids is 1. The van der Waals surface area contributed by atoms with E-state index in [9.17, 15) is 4.79 Å². The molecule has 2 aliphatic heterocycles. The van der Waals surface area contributed by atoms with Crippen LogP contribution in [0, 0.1) is 0 Å². The number of likely N-dealkylation sites (N-methyl/N-ethyl adjacent to an activating group) is 1. The van der Waals surface area contributed by atoms with Gasteiger partial charge in [-0.15, -0.1) is 0 Å². The number of rotatable bonds is 2. The van der Waals surface area contributed by atoms with Gasteiger partial charge in [-0.2, -0.15) is 0 Å². The van der Waals surface area contributed by atoms with Crippen LogP contribution >= 0.6 is 23.2 Å². The van der Waals surface area contributed by atoms with Gasteiger partial charge in [-0.3, -0.25) is 4.79 Å². The summed E-state index contributed by atoms with van der Waals surface area (Å²) in [4.78, 5) is 14.5. The van der Waals surface area contributed by atoms with Crippen molar-refractivity contribution in [2.24, 2.45) is 0 Å². The highest BCUT2D eigenvalue weighted by molar-refractivity contribution is 6.38. The molecular weight excluding hydrogens is 371 g/mol. The maximum atomic E-state index is 12.7. The second kappa shape index (κ2) is 5.69. The molecule has 26 heavy (non-hydrogen) atoms. The average molecular weight is 391 g/mol. The SMILES string of the molecule is CCN1C(=O)C(C)(C)c2cc3c(cc21)NC(c1cc(Cl)c(N)c(Cl)c1)N3. The third kappa shape index (κ3) is 2.34. The van der Waals surface area contributed by atoms with Gasteiger partial charge in [0.2, 0.25) is 5.91 Å². The van der Waals surface area contributed by atoms with Crippen molar-refractivity contribution in [3.8, 4) is 0 Å². The van der Waals surface area contributed by atoms with E-state index < -0.39 is 5.41 Å². The fourth-order valence-corrected chi connectivity index (χ4v) is 4.22. The number of nitrogens with one attached hydrogen (secondary N) is 2. The van der Waals surface area contributed by atoms with Gasteiger partial charge in [0.1, 0.15) is 6.17 Å². The normalized spacial score (nSPS) is 19.8. The quantitative estimate of drug-likeness (QED) is 0.646. The number of benzene rings is 2. The number of hydrogen-bond acceptors (Lipinski definition) is 4. The van der Waals surface area contributed by atoms with Crippen molar-refractivity contribution in [1.29, 1.82) is 0 Å². The molecule has 4 rings (SSSR count). The van der Waals surface area contributed by atoms with Gasteiger partial charge in [0.25, 0.3) is 0 Å². The molecule has 0 radical (unpaired) electrons. The van der Waals surface area contributed by atoms with Crippen molar-refractivity contribution in [2.45, 2.75) is 32.4 Å². The Labute approximate surface area is 162 Å². The van der Waals surface area contributed by atoms with Gasteiger partial charge in [0.05, 0.1) is 38.2 Å². The average Bonchev–Trinajstić information content (AvgIpc) is 3.08. The van der Waals surface area contributed by atoms with Gasteiger partial charge in [-0.05, 0) is 56.2 Å². The Kier molecular flexibility index (Phi) is 3.79. The van der Waals surface area contributed by atoms with Crippen molar-refractivity contribution in [3.05, 3.63) is 45.4 Å². The number of anilines is 4. The first kappa shape index (κ1) is 17.3. The number of nitrogens with zero attached hydrogens (tertiary/aromatic N) is 1. The van der Waals surface area contributed by atoms with E-state index in [0.29, 0.717) is 22.3 Å². The zero-order chi connectivity index (χ0) is 18.8. The Balaban J connectivity index is 1.73. The van der Waals surface area contributed by atoms with Gasteiger partial charge in [0.15, 0.2) is 0 Å². The third-order valence-corrected chi connectivity index (χ3v) is 5.86. The maximum Gasteiger partial charge on any atom is 0.237 e. The molecule has 2 aliphatic rings. The lowest BCUT2D eigenvalue weighted by molar-refractivity contribution is -0.122. The Morgan fingerprint density at radius 2 is 1.69 bits per heavy atom. The van der Waals surface area contributed by atoms with E-state index in [0.717, 1.165) is 28.2 Å². The van der Waals surface area contributed by atoms with Crippen LogP contribution in [0.15, 0.2) is 24.3 Å². The second-order valence-electron chi connectivity index (χ2n) is 7.21. The summed E-state index contributed by atoms with van der Waals surface area (Å²) >= 11 is 12.3. The summed E-state index contributed by atoms with van der Waals surface area (Å²) in [5.74, 6) is 0.132. The minimum absolute atomic E-state index is 0.132. The van der Waals surface area contributed by atoms with Crippen LogP contribution in [-0.2, 0) is 10.2 Å². The van der Waals surface area contributed by atoms with Crippen LogP contribution in [-0.4, -0.2) is 12.5 Å². The maximum absolute atomic E-state index is 12.7. The molecule has 2 aromatic rings. The predicted molar refractivity (Wildman–Crippen MR) is 108 cm³/mol. The molecule has 1 amide bonds. The lowest BCUT2D eigenvalue weighted by Gasteiger charge is -2.18. The third-order valence-electron chi connectivity index (χ3n) is 5.23. The summed E-state index contributed by atoms with van der Waals surface area (Å²) < 4.78 is 0. The highest BCUT2D eigenvalue weighted by Crippen LogP contribution is 2.48. The van der Waals surface area contributed by atoms with Crippen LogP contribution in [0.25, 0.3) is 0 Å². The summed E-state index contributed by atoms with van der Waals surface area (Å²) in [6.45, 7) is 6.57. The lowest BCUT2D eigenvalue weighted by atomic mass is 9.86. The summed E-state index contributed by atoms with van der Waals surface area (Å²) in [5.41, 5.74) is 10.5. The molecule has 0 saturated carbocycles. The first-order valence-corrected chi connectivity index (χ1v) is 9.27. The van der Waals surface area contributed by atoms with Gasteiger partial charge >= 0.3 is 0 Å². The second-order valence-corrected chi connectivity index (χ2v) is 8.02. The van der Waals surface area contributed by atoms with E-state index in [1.54, 1.807) is 12.1 Å². The van der Waals surface area contributed by atoms with Crippen LogP contribution in [0.5, 0.6) is 0 Å². The number of nitrogen functional groups attached to an aromatic ring is 1. The van der Waals surface area contributed by atoms with E-state index >= 15 is 0 Å². The zero-order valence-electron chi connectivity index (χ0n) is 14.8. The first-order valence-electron chi connectivity index (χ1n) is 8.52. The molecule has 0 aromatic heterocycles. The van der Waals surface area contributed by atoms with Crippen LogP contribution in [0.4, 0.5) is 22.7 Å². The molecule has 136 valence electrons. The standard InChI is InChI=1S/C19H20Cl2N4O/c1-4-25-15-8-14-13(7-10(15)19(2,3)18(25)26)23-17(24-14)9-5-11(20)16(22)12(21)6-9/h5-8,17,23-24H,4,22H2,1-3H3. The van der Waals surface area contributed by atoms with Gasteiger partial charge < -0.3 is 21.3 Å². The minimum atomic E-state index is -0.534. The minimum Gasteiger partial charge on any atom is -0.396 e. The van der Waals surface area contributed by atoms with Crippen molar-refractivity contribution >= 4 is 51.9 Å². The first-order chi connectivity index (χ1) is 12.2. The van der Waals surface area contributed by atoms with Gasteiger partial charge in [-0.1, -0.05) is 23.2 Å². The lowest BCUT2D eigenvalue weighted by Crippen LogP contribution is -2.35. The Morgan fingerprint density at radius 3 is 2.27 bits per heavy atom. The van der Waals surface area contributed by atoms with Crippen LogP contribution < -0.4 is 21.3 Å². The number of fused-ring (bicyclic) bond motifs is 2. The van der Waals surface area contributed by atoms with Gasteiger partial charge in [-0.25, -0.2) is 0 Å². The van der Waals surface area contributed by atoms with Gasteiger partial charge in [0, 0.05) is 6.54 Å². The molecule has 2 aromatic carbocycles. The molecule has 0 fully saturated rings. The van der Waals surface area contributed by atoms with E-state index in [4.69, 9.17) is 28.9 Å². The van der Waals surface area contributed by atoms with Crippen LogP contribution in [0.2, 0.25) is 10.0 Å². The summed E-state index contributed by atoms with van der Waals surface area (Å²) in [7, 11) is 0. The predicted octanol–water partition coefficient (Wildman–Crippen LogP) is 4.76. The molecule has 2 heterocycles. The number of amides is 1. The molecule has 0 bridgehead atoms. The number of nitrogens with two attached hydrogens (primary N) is 1. The van der Waals surface area contributed by atoms with Crippen LogP contribution in [0.3, 0.4) is 0 Å². The van der Waals surface area contributed by atoms with Crippen molar-refractivity contribution in [3.63, 3.8) is 0 Å². The van der Waals surface area contributed by atoms with Crippen molar-refractivity contribution < 1.29 is 4.79 Å². The molecule has 1 unspecified atom stereocenters. The molecule has 7 heteroatoms. The number of hydrogen-bond donors (Lipinski definition) is 3. The zero-order valence-corrected chi connectivity index (χ0v) is 16.3. The summed E-state index contributed by atoms with van der Waals surface area (Å²) in [5, 5.41) is 7.73. The van der Waals surface area contributed by atoms with E-state index in [1.165, 1.54) is 0 Å². The Bertz CT molecular complexity index is 918. The summed E-state index contributed by atoms with van der Waals surface area (Å²) in [6.07, 6.45) is -0.169. The topological polar surface area (TPSA) is 70.4 Å². The molecule has 0 spiro atoms. The fourth-order valence-electron chi connectivity index (χ4n) is 3.71. The van der Waals surface area contributed by atoms with Crippen LogP contribution in [0.1, 0.15) is 38.1 Å². The molecular formula is C19H20Cl2N4O. The Morgan fingerprint density at radius 1 is 1.12 bits per heavy atom. The molecule has 4 N–H and O–H groups in total. The number of halogens is 2. The molecule has 0 aliphatic carbocycles. The van der Waals surface area contributed by atoms with E-state index in [1.807, 2.05) is 31.7 Å². The summed E-state index contributed by atoms with van der Waals surface area (Å²) in [6, 6.07) is 7.71. The molecule has 1 atom stereocenters.